The highest BCUT2D eigenvalue weighted by Crippen LogP contribution is 2.24. The van der Waals surface area contributed by atoms with Crippen molar-refractivity contribution in [2.75, 3.05) is 19.7 Å². The fourth-order valence-corrected chi connectivity index (χ4v) is 3.17. The third-order valence-corrected chi connectivity index (χ3v) is 4.43. The topological polar surface area (TPSA) is 65.6 Å². The molecule has 1 fully saturated rings. The minimum absolute atomic E-state index is 0.0916. The van der Waals surface area contributed by atoms with Gasteiger partial charge in [0.25, 0.3) is 0 Å². The van der Waals surface area contributed by atoms with Crippen LogP contribution in [0.1, 0.15) is 24.1 Å². The van der Waals surface area contributed by atoms with Gasteiger partial charge in [0.1, 0.15) is 0 Å². The molecule has 132 valence electrons. The standard InChI is InChI=1S/C19H23N3O3/c1-3-4-12-25-19(24)22-11-7-10-21(22)18(23)13-16-14(2)20-17-9-6-5-8-15(16)17/h3,5-6,8-9,20H,1,4,7,10-13H2,2H3. The van der Waals surface area contributed by atoms with E-state index in [9.17, 15) is 9.59 Å². The number of carbonyl (C=O) groups is 2. The summed E-state index contributed by atoms with van der Waals surface area (Å²) in [4.78, 5) is 28.3. The molecule has 0 unspecified atom stereocenters. The van der Waals surface area contributed by atoms with Gasteiger partial charge >= 0.3 is 6.09 Å². The second-order valence-corrected chi connectivity index (χ2v) is 6.14. The molecule has 25 heavy (non-hydrogen) atoms. The fourth-order valence-electron chi connectivity index (χ4n) is 3.17. The molecule has 1 saturated heterocycles. The number of fused-ring (bicyclic) bond motifs is 1. The van der Waals surface area contributed by atoms with E-state index in [4.69, 9.17) is 4.74 Å². The summed E-state index contributed by atoms with van der Waals surface area (Å²) in [5, 5.41) is 3.97. The van der Waals surface area contributed by atoms with Gasteiger partial charge in [0.05, 0.1) is 13.0 Å². The zero-order valence-electron chi connectivity index (χ0n) is 14.5. The summed E-state index contributed by atoms with van der Waals surface area (Å²) in [5.41, 5.74) is 2.98. The number of aryl methyl sites for hydroxylation is 1. The Morgan fingerprint density at radius 1 is 1.28 bits per heavy atom. The minimum atomic E-state index is -0.469. The van der Waals surface area contributed by atoms with E-state index < -0.39 is 6.09 Å². The molecule has 0 radical (unpaired) electrons. The van der Waals surface area contributed by atoms with Crippen molar-refractivity contribution in [3.63, 3.8) is 0 Å². The maximum Gasteiger partial charge on any atom is 0.428 e. The van der Waals surface area contributed by atoms with Gasteiger partial charge in [0.15, 0.2) is 0 Å². The van der Waals surface area contributed by atoms with Crippen LogP contribution in [0.15, 0.2) is 36.9 Å². The van der Waals surface area contributed by atoms with E-state index in [0.717, 1.165) is 28.6 Å². The zero-order chi connectivity index (χ0) is 17.8. The SMILES string of the molecule is C=CCCOC(=O)N1CCCN1C(=O)Cc1c(C)[nH]c2ccccc12. The first kappa shape index (κ1) is 17.1. The zero-order valence-corrected chi connectivity index (χ0v) is 14.5. The number of aromatic amines is 1. The normalized spacial score (nSPS) is 14.1. The number of nitrogens with one attached hydrogen (secondary N) is 1. The predicted molar refractivity (Wildman–Crippen MR) is 95.9 cm³/mol. The lowest BCUT2D eigenvalue weighted by atomic mass is 10.1. The average Bonchev–Trinajstić information content (AvgIpc) is 3.20. The van der Waals surface area contributed by atoms with Crippen molar-refractivity contribution in [2.24, 2.45) is 0 Å². The molecule has 1 aromatic heterocycles. The van der Waals surface area contributed by atoms with Crippen molar-refractivity contribution < 1.29 is 14.3 Å². The highest BCUT2D eigenvalue weighted by molar-refractivity contribution is 5.90. The predicted octanol–water partition coefficient (Wildman–Crippen LogP) is 3.18. The van der Waals surface area contributed by atoms with Crippen LogP contribution >= 0.6 is 0 Å². The molecule has 6 nitrogen and oxygen atoms in total. The van der Waals surface area contributed by atoms with Gasteiger partial charge in [-0.1, -0.05) is 24.3 Å². The van der Waals surface area contributed by atoms with Crippen LogP contribution in [0.5, 0.6) is 0 Å². The highest BCUT2D eigenvalue weighted by Gasteiger charge is 2.32. The van der Waals surface area contributed by atoms with E-state index in [-0.39, 0.29) is 18.9 Å². The van der Waals surface area contributed by atoms with E-state index in [1.165, 1.54) is 10.0 Å². The molecular formula is C19H23N3O3. The number of rotatable bonds is 5. The van der Waals surface area contributed by atoms with Crippen LogP contribution in [0.2, 0.25) is 0 Å². The highest BCUT2D eigenvalue weighted by atomic mass is 16.6. The smallest absolute Gasteiger partial charge is 0.428 e. The first-order valence-electron chi connectivity index (χ1n) is 8.53. The summed E-state index contributed by atoms with van der Waals surface area (Å²) in [5.74, 6) is -0.0916. The van der Waals surface area contributed by atoms with E-state index in [1.54, 1.807) is 6.08 Å². The van der Waals surface area contributed by atoms with Crippen LogP contribution in [0.4, 0.5) is 4.79 Å². The summed E-state index contributed by atoms with van der Waals surface area (Å²) in [6, 6.07) is 7.93. The number of carbonyl (C=O) groups excluding carboxylic acids is 2. The Morgan fingerprint density at radius 3 is 2.84 bits per heavy atom. The van der Waals surface area contributed by atoms with Gasteiger partial charge in [-0.05, 0) is 31.4 Å². The van der Waals surface area contributed by atoms with Gasteiger partial charge < -0.3 is 9.72 Å². The van der Waals surface area contributed by atoms with Crippen molar-refractivity contribution in [3.8, 4) is 0 Å². The number of para-hydroxylation sites is 1. The van der Waals surface area contributed by atoms with Crippen molar-refractivity contribution in [1.29, 1.82) is 0 Å². The van der Waals surface area contributed by atoms with Crippen LogP contribution in [-0.4, -0.2) is 46.7 Å². The molecule has 1 aromatic carbocycles. The number of benzene rings is 1. The Kier molecular flexibility index (Phi) is 5.07. The van der Waals surface area contributed by atoms with Crippen LogP contribution in [0, 0.1) is 6.92 Å². The monoisotopic (exact) mass is 341 g/mol. The number of amides is 2. The molecule has 6 heteroatoms. The first-order valence-corrected chi connectivity index (χ1v) is 8.53. The van der Waals surface area contributed by atoms with Crippen LogP contribution < -0.4 is 0 Å². The Labute approximate surface area is 147 Å². The number of hydrogen-bond donors (Lipinski definition) is 1. The summed E-state index contributed by atoms with van der Waals surface area (Å²) in [6.45, 7) is 6.89. The molecule has 0 atom stereocenters. The van der Waals surface area contributed by atoms with Crippen LogP contribution in [0.3, 0.4) is 0 Å². The number of hydrazine groups is 1. The first-order chi connectivity index (χ1) is 12.1. The van der Waals surface area contributed by atoms with E-state index in [1.807, 2.05) is 31.2 Å². The van der Waals surface area contributed by atoms with Gasteiger partial charge in [-0.25, -0.2) is 14.8 Å². The molecular weight excluding hydrogens is 318 g/mol. The van der Waals surface area contributed by atoms with Gasteiger partial charge in [0.2, 0.25) is 5.91 Å². The molecule has 1 N–H and O–H groups in total. The molecule has 0 saturated carbocycles. The average molecular weight is 341 g/mol. The molecule has 0 aliphatic carbocycles. The largest absolute Gasteiger partial charge is 0.448 e. The molecule has 2 aromatic rings. The van der Waals surface area contributed by atoms with Gasteiger partial charge in [0, 0.05) is 29.7 Å². The number of aromatic nitrogens is 1. The van der Waals surface area contributed by atoms with Gasteiger partial charge in [-0.3, -0.25) is 4.79 Å². The fraction of sp³-hybridized carbons (Fsp3) is 0.368. The quantitative estimate of drug-likeness (QED) is 0.671. The lowest BCUT2D eigenvalue weighted by molar-refractivity contribution is -0.140. The summed E-state index contributed by atoms with van der Waals surface area (Å²) >= 11 is 0. The van der Waals surface area contributed by atoms with E-state index in [0.29, 0.717) is 19.5 Å². The Morgan fingerprint density at radius 2 is 2.04 bits per heavy atom. The van der Waals surface area contributed by atoms with Crippen molar-refractivity contribution >= 4 is 22.9 Å². The Balaban J connectivity index is 1.72. The summed E-state index contributed by atoms with van der Waals surface area (Å²) < 4.78 is 5.19. The molecule has 3 rings (SSSR count). The van der Waals surface area contributed by atoms with E-state index in [2.05, 4.69) is 11.6 Å². The number of H-pyrrole nitrogens is 1. The molecule has 2 amide bonds. The summed E-state index contributed by atoms with van der Waals surface area (Å²) in [6.07, 6.45) is 2.84. The Bertz CT molecular complexity index is 796. The van der Waals surface area contributed by atoms with Crippen molar-refractivity contribution in [1.82, 2.24) is 15.0 Å². The van der Waals surface area contributed by atoms with E-state index >= 15 is 0 Å². The maximum absolute atomic E-state index is 12.8. The van der Waals surface area contributed by atoms with Crippen LogP contribution in [0.25, 0.3) is 10.9 Å². The number of hydrogen-bond acceptors (Lipinski definition) is 3. The second kappa shape index (κ2) is 7.42. The molecule has 0 spiro atoms. The molecule has 1 aliphatic heterocycles. The minimum Gasteiger partial charge on any atom is -0.448 e. The number of ether oxygens (including phenoxy) is 1. The van der Waals surface area contributed by atoms with Gasteiger partial charge in [-0.2, -0.15) is 0 Å². The van der Waals surface area contributed by atoms with Gasteiger partial charge in [-0.15, -0.1) is 6.58 Å². The van der Waals surface area contributed by atoms with Crippen molar-refractivity contribution in [2.45, 2.75) is 26.2 Å². The molecule has 0 bridgehead atoms. The second-order valence-electron chi connectivity index (χ2n) is 6.14. The third-order valence-electron chi connectivity index (χ3n) is 4.43. The van der Waals surface area contributed by atoms with Crippen LogP contribution in [-0.2, 0) is 16.0 Å². The lowest BCUT2D eigenvalue weighted by Gasteiger charge is -2.27. The number of nitrogens with zero attached hydrogens (tertiary/aromatic N) is 2. The Hall–Kier alpha value is -2.76. The lowest BCUT2D eigenvalue weighted by Crippen LogP contribution is -2.45. The molecule has 1 aliphatic rings. The maximum atomic E-state index is 12.8. The summed E-state index contributed by atoms with van der Waals surface area (Å²) in [7, 11) is 0. The molecule has 2 heterocycles. The third kappa shape index (κ3) is 3.52. The van der Waals surface area contributed by atoms with Crippen molar-refractivity contribution in [3.05, 3.63) is 48.2 Å².